The molecule has 1 aromatic carbocycles. The molecular weight excluding hydrogens is 244 g/mol. The van der Waals surface area contributed by atoms with Crippen molar-refractivity contribution in [2.24, 2.45) is 0 Å². The van der Waals surface area contributed by atoms with E-state index in [1.165, 1.54) is 48.1 Å². The smallest absolute Gasteiger partial charge is 0.110 e. The highest BCUT2D eigenvalue weighted by Gasteiger charge is 2.21. The quantitative estimate of drug-likeness (QED) is 0.815. The number of para-hydroxylation sites is 1. The number of H-pyrrole nitrogens is 1. The third-order valence-electron chi connectivity index (χ3n) is 4.03. The molecule has 2 heterocycles. The standard InChI is InChI=1S/C15H20N2.ClH/c1-11-7-5-6-10-17(11)15-12(2)13-8-3-4-9-14(13)16-15;/h3-4,8-9,11,16H,5-7,10H2,1-2H3;1H. The molecule has 2 nitrogen and oxygen atoms in total. The number of aromatic amines is 1. The van der Waals surface area contributed by atoms with Gasteiger partial charge < -0.3 is 9.88 Å². The first-order valence-electron chi connectivity index (χ1n) is 6.61. The molecular formula is C15H21ClN2. The topological polar surface area (TPSA) is 19.0 Å². The Morgan fingerprint density at radius 2 is 2.00 bits per heavy atom. The number of hydrogen-bond donors (Lipinski definition) is 1. The number of nitrogens with zero attached hydrogens (tertiary/aromatic N) is 1. The molecule has 1 atom stereocenters. The van der Waals surface area contributed by atoms with Gasteiger partial charge in [-0.3, -0.25) is 0 Å². The molecule has 0 aliphatic carbocycles. The fourth-order valence-corrected chi connectivity index (χ4v) is 2.99. The van der Waals surface area contributed by atoms with Crippen LogP contribution >= 0.6 is 12.4 Å². The summed E-state index contributed by atoms with van der Waals surface area (Å²) in [4.78, 5) is 6.13. The van der Waals surface area contributed by atoms with Crippen LogP contribution in [-0.2, 0) is 0 Å². The second-order valence-electron chi connectivity index (χ2n) is 5.18. The highest BCUT2D eigenvalue weighted by Crippen LogP contribution is 2.31. The van der Waals surface area contributed by atoms with Crippen LogP contribution in [0.25, 0.3) is 10.9 Å². The molecule has 3 rings (SSSR count). The number of benzene rings is 1. The van der Waals surface area contributed by atoms with Crippen LogP contribution in [0.15, 0.2) is 24.3 Å². The van der Waals surface area contributed by atoms with Gasteiger partial charge in [-0.1, -0.05) is 18.2 Å². The molecule has 1 fully saturated rings. The number of piperidine rings is 1. The summed E-state index contributed by atoms with van der Waals surface area (Å²) in [5, 5.41) is 1.36. The van der Waals surface area contributed by atoms with Crippen LogP contribution in [0.1, 0.15) is 31.7 Å². The number of rotatable bonds is 1. The van der Waals surface area contributed by atoms with Crippen LogP contribution in [0.2, 0.25) is 0 Å². The fourth-order valence-electron chi connectivity index (χ4n) is 2.99. The van der Waals surface area contributed by atoms with Crippen LogP contribution in [0.4, 0.5) is 5.82 Å². The zero-order chi connectivity index (χ0) is 11.8. The van der Waals surface area contributed by atoms with Gasteiger partial charge in [0.05, 0.1) is 0 Å². The van der Waals surface area contributed by atoms with Gasteiger partial charge in [0.1, 0.15) is 5.82 Å². The molecule has 1 unspecified atom stereocenters. The highest BCUT2D eigenvalue weighted by atomic mass is 35.5. The lowest BCUT2D eigenvalue weighted by Crippen LogP contribution is -2.38. The summed E-state index contributed by atoms with van der Waals surface area (Å²) in [7, 11) is 0. The zero-order valence-electron chi connectivity index (χ0n) is 11.1. The SMILES string of the molecule is Cc1c(N2CCCCC2C)[nH]c2ccccc12.Cl. The van der Waals surface area contributed by atoms with Crippen molar-refractivity contribution < 1.29 is 0 Å². The molecule has 1 N–H and O–H groups in total. The van der Waals surface area contributed by atoms with Crippen LogP contribution in [0.3, 0.4) is 0 Å². The van der Waals surface area contributed by atoms with Gasteiger partial charge in [0.2, 0.25) is 0 Å². The molecule has 2 aromatic rings. The van der Waals surface area contributed by atoms with Crippen LogP contribution in [-0.4, -0.2) is 17.6 Å². The lowest BCUT2D eigenvalue weighted by Gasteiger charge is -2.34. The Kier molecular flexibility index (Phi) is 3.86. The van der Waals surface area contributed by atoms with Crippen molar-refractivity contribution in [2.45, 2.75) is 39.2 Å². The zero-order valence-corrected chi connectivity index (χ0v) is 11.9. The number of nitrogens with one attached hydrogen (secondary N) is 1. The predicted molar refractivity (Wildman–Crippen MR) is 80.9 cm³/mol. The number of aryl methyl sites for hydroxylation is 1. The first-order valence-corrected chi connectivity index (χ1v) is 6.61. The van der Waals surface area contributed by atoms with Crippen LogP contribution < -0.4 is 4.90 Å². The Morgan fingerprint density at radius 3 is 2.72 bits per heavy atom. The van der Waals surface area contributed by atoms with E-state index >= 15 is 0 Å². The number of halogens is 1. The van der Waals surface area contributed by atoms with E-state index in [4.69, 9.17) is 0 Å². The summed E-state index contributed by atoms with van der Waals surface area (Å²) in [5.41, 5.74) is 2.66. The summed E-state index contributed by atoms with van der Waals surface area (Å²) in [5.74, 6) is 1.33. The van der Waals surface area contributed by atoms with Crippen LogP contribution in [0.5, 0.6) is 0 Å². The van der Waals surface area contributed by atoms with E-state index < -0.39 is 0 Å². The molecule has 1 saturated heterocycles. The summed E-state index contributed by atoms with van der Waals surface area (Å²) < 4.78 is 0. The Labute approximate surface area is 115 Å². The normalized spacial score (nSPS) is 19.9. The van der Waals surface area contributed by atoms with Gasteiger partial charge in [-0.2, -0.15) is 0 Å². The van der Waals surface area contributed by atoms with Gasteiger partial charge in [0.25, 0.3) is 0 Å². The van der Waals surface area contributed by atoms with E-state index in [0.717, 1.165) is 0 Å². The van der Waals surface area contributed by atoms with E-state index in [-0.39, 0.29) is 12.4 Å². The minimum Gasteiger partial charge on any atom is -0.355 e. The Bertz CT molecular complexity index is 532. The average molecular weight is 265 g/mol. The van der Waals surface area contributed by atoms with Crippen molar-refractivity contribution in [1.82, 2.24) is 4.98 Å². The number of fused-ring (bicyclic) bond motifs is 1. The maximum absolute atomic E-state index is 3.59. The van der Waals surface area contributed by atoms with E-state index in [9.17, 15) is 0 Å². The minimum atomic E-state index is 0. The van der Waals surface area contributed by atoms with Crippen molar-refractivity contribution in [3.05, 3.63) is 29.8 Å². The largest absolute Gasteiger partial charge is 0.355 e. The molecule has 0 saturated carbocycles. The summed E-state index contributed by atoms with van der Waals surface area (Å²) in [6.45, 7) is 5.76. The Morgan fingerprint density at radius 1 is 1.22 bits per heavy atom. The summed E-state index contributed by atoms with van der Waals surface area (Å²) in [6.07, 6.45) is 4.00. The third-order valence-corrected chi connectivity index (χ3v) is 4.03. The fraction of sp³-hybridized carbons (Fsp3) is 0.467. The Hall–Kier alpha value is -1.15. The molecule has 98 valence electrons. The molecule has 0 radical (unpaired) electrons. The maximum atomic E-state index is 3.59. The summed E-state index contributed by atoms with van der Waals surface area (Å²) >= 11 is 0. The van der Waals surface area contributed by atoms with Crippen molar-refractivity contribution >= 4 is 29.1 Å². The molecule has 0 spiro atoms. The van der Waals surface area contributed by atoms with Gasteiger partial charge in [-0.25, -0.2) is 0 Å². The monoisotopic (exact) mass is 264 g/mol. The average Bonchev–Trinajstić information content (AvgIpc) is 2.68. The first kappa shape index (κ1) is 13.3. The van der Waals surface area contributed by atoms with Crippen molar-refractivity contribution in [3.8, 4) is 0 Å². The summed E-state index contributed by atoms with van der Waals surface area (Å²) in [6, 6.07) is 9.25. The molecule has 0 bridgehead atoms. The van der Waals surface area contributed by atoms with Crippen molar-refractivity contribution in [3.63, 3.8) is 0 Å². The van der Waals surface area contributed by atoms with Gasteiger partial charge >= 0.3 is 0 Å². The maximum Gasteiger partial charge on any atom is 0.110 e. The number of anilines is 1. The molecule has 1 aromatic heterocycles. The van der Waals surface area contributed by atoms with Crippen molar-refractivity contribution in [2.75, 3.05) is 11.4 Å². The van der Waals surface area contributed by atoms with Crippen LogP contribution in [0, 0.1) is 6.92 Å². The minimum absolute atomic E-state index is 0. The van der Waals surface area contributed by atoms with E-state index in [0.29, 0.717) is 6.04 Å². The van der Waals surface area contributed by atoms with E-state index in [2.05, 4.69) is 48.0 Å². The number of hydrogen-bond acceptors (Lipinski definition) is 1. The second-order valence-corrected chi connectivity index (χ2v) is 5.18. The van der Waals surface area contributed by atoms with Gasteiger partial charge in [-0.15, -0.1) is 12.4 Å². The third kappa shape index (κ3) is 2.10. The second kappa shape index (κ2) is 5.23. The molecule has 1 aliphatic rings. The van der Waals surface area contributed by atoms with E-state index in [1.54, 1.807) is 0 Å². The molecule has 18 heavy (non-hydrogen) atoms. The first-order chi connectivity index (χ1) is 8.27. The lowest BCUT2D eigenvalue weighted by molar-refractivity contribution is 0.481. The Balaban J connectivity index is 0.00000120. The van der Waals surface area contributed by atoms with Gasteiger partial charge in [0.15, 0.2) is 0 Å². The molecule has 1 aliphatic heterocycles. The van der Waals surface area contributed by atoms with Gasteiger partial charge in [-0.05, 0) is 44.7 Å². The number of aromatic nitrogens is 1. The van der Waals surface area contributed by atoms with Crippen molar-refractivity contribution in [1.29, 1.82) is 0 Å². The molecule has 0 amide bonds. The predicted octanol–water partition coefficient (Wildman–Crippen LogP) is 4.28. The highest BCUT2D eigenvalue weighted by molar-refractivity contribution is 5.88. The van der Waals surface area contributed by atoms with E-state index in [1.807, 2.05) is 0 Å². The molecule has 3 heteroatoms. The lowest BCUT2D eigenvalue weighted by atomic mass is 10.0. The van der Waals surface area contributed by atoms with Gasteiger partial charge in [0, 0.05) is 23.5 Å².